The number of esters is 1. The van der Waals surface area contributed by atoms with Crippen molar-refractivity contribution in [3.05, 3.63) is 41.3 Å². The van der Waals surface area contributed by atoms with Crippen LogP contribution in [0.25, 0.3) is 11.5 Å². The molecule has 1 aromatic carbocycles. The molecule has 1 aromatic heterocycles. The highest BCUT2D eigenvalue weighted by atomic mass is 16.6. The van der Waals surface area contributed by atoms with Crippen LogP contribution >= 0.6 is 0 Å². The first kappa shape index (κ1) is 26.4. The molecule has 6 heteroatoms. The van der Waals surface area contributed by atoms with Crippen LogP contribution in [-0.4, -0.2) is 35.4 Å². The SMILES string of the molecule is Cc1ccc(-c2nc(COCC3CCCC(COC(C)(C)C(=O)OC(C)(C)C)C3)c(C)o2)cc1. The smallest absolute Gasteiger partial charge is 0.338 e. The molecular weight excluding hydrogens is 430 g/mol. The van der Waals surface area contributed by atoms with Gasteiger partial charge in [-0.2, -0.15) is 0 Å². The van der Waals surface area contributed by atoms with Gasteiger partial charge in [-0.25, -0.2) is 9.78 Å². The molecule has 0 bridgehead atoms. The van der Waals surface area contributed by atoms with Crippen LogP contribution in [0.5, 0.6) is 0 Å². The second-order valence-electron chi connectivity index (χ2n) is 11.1. The lowest BCUT2D eigenvalue weighted by atomic mass is 9.82. The van der Waals surface area contributed by atoms with Gasteiger partial charge in [0.2, 0.25) is 5.89 Å². The van der Waals surface area contributed by atoms with E-state index in [0.29, 0.717) is 37.5 Å². The number of nitrogens with zero attached hydrogens (tertiary/aromatic N) is 1. The molecule has 188 valence electrons. The zero-order valence-electron chi connectivity index (χ0n) is 21.9. The van der Waals surface area contributed by atoms with Gasteiger partial charge in [0.05, 0.1) is 13.2 Å². The van der Waals surface area contributed by atoms with E-state index in [1.54, 1.807) is 13.8 Å². The molecule has 2 atom stereocenters. The van der Waals surface area contributed by atoms with E-state index in [0.717, 1.165) is 42.7 Å². The quantitative estimate of drug-likeness (QED) is 0.393. The van der Waals surface area contributed by atoms with Crippen LogP contribution in [0.3, 0.4) is 0 Å². The van der Waals surface area contributed by atoms with Crippen LogP contribution in [0.15, 0.2) is 28.7 Å². The minimum absolute atomic E-state index is 0.316. The van der Waals surface area contributed by atoms with Gasteiger partial charge < -0.3 is 18.6 Å². The summed E-state index contributed by atoms with van der Waals surface area (Å²) in [6, 6.07) is 8.17. The predicted octanol–water partition coefficient (Wildman–Crippen LogP) is 6.42. The van der Waals surface area contributed by atoms with E-state index in [-0.39, 0.29) is 5.97 Å². The summed E-state index contributed by atoms with van der Waals surface area (Å²) in [4.78, 5) is 17.1. The van der Waals surface area contributed by atoms with E-state index < -0.39 is 11.2 Å². The number of aromatic nitrogens is 1. The lowest BCUT2D eigenvalue weighted by Gasteiger charge is -2.33. The largest absolute Gasteiger partial charge is 0.458 e. The monoisotopic (exact) mass is 471 g/mol. The zero-order chi connectivity index (χ0) is 24.9. The molecule has 1 heterocycles. The Hall–Kier alpha value is -2.18. The molecule has 1 aliphatic rings. The summed E-state index contributed by atoms with van der Waals surface area (Å²) in [6.07, 6.45) is 4.45. The Balaban J connectivity index is 1.45. The summed E-state index contributed by atoms with van der Waals surface area (Å²) in [5.74, 6) is 2.03. The predicted molar refractivity (Wildman–Crippen MR) is 132 cm³/mol. The molecule has 1 fully saturated rings. The summed E-state index contributed by atoms with van der Waals surface area (Å²) in [5, 5.41) is 0. The Morgan fingerprint density at radius 3 is 2.32 bits per heavy atom. The van der Waals surface area contributed by atoms with Gasteiger partial charge in [0, 0.05) is 12.2 Å². The maximum Gasteiger partial charge on any atom is 0.338 e. The van der Waals surface area contributed by atoms with Crippen molar-refractivity contribution in [1.29, 1.82) is 0 Å². The topological polar surface area (TPSA) is 70.8 Å². The fourth-order valence-corrected chi connectivity index (χ4v) is 4.19. The van der Waals surface area contributed by atoms with Crippen LogP contribution in [0.1, 0.15) is 77.3 Å². The molecule has 2 unspecified atom stereocenters. The zero-order valence-corrected chi connectivity index (χ0v) is 21.9. The van der Waals surface area contributed by atoms with Crippen LogP contribution in [0.4, 0.5) is 0 Å². The minimum atomic E-state index is -0.948. The fraction of sp³-hybridized carbons (Fsp3) is 0.643. The molecule has 1 aliphatic carbocycles. The lowest BCUT2D eigenvalue weighted by molar-refractivity contribution is -0.181. The number of carbonyl (C=O) groups excluding carboxylic acids is 1. The van der Waals surface area contributed by atoms with Crippen molar-refractivity contribution >= 4 is 5.97 Å². The molecular formula is C28H41NO5. The van der Waals surface area contributed by atoms with E-state index in [2.05, 4.69) is 24.0 Å². The molecule has 0 saturated heterocycles. The average Bonchev–Trinajstić information content (AvgIpc) is 3.12. The van der Waals surface area contributed by atoms with E-state index in [1.807, 2.05) is 39.8 Å². The van der Waals surface area contributed by atoms with Crippen LogP contribution in [-0.2, 0) is 25.6 Å². The number of aryl methyl sites for hydroxylation is 2. The molecule has 0 N–H and O–H groups in total. The Bertz CT molecular complexity index is 939. The highest BCUT2D eigenvalue weighted by Crippen LogP contribution is 2.31. The van der Waals surface area contributed by atoms with Crippen molar-refractivity contribution in [2.24, 2.45) is 11.8 Å². The molecule has 0 aliphatic heterocycles. The van der Waals surface area contributed by atoms with Crippen molar-refractivity contribution in [1.82, 2.24) is 4.98 Å². The van der Waals surface area contributed by atoms with E-state index >= 15 is 0 Å². The Labute approximate surface area is 204 Å². The first-order valence-electron chi connectivity index (χ1n) is 12.4. The molecule has 34 heavy (non-hydrogen) atoms. The Morgan fingerprint density at radius 2 is 1.68 bits per heavy atom. The molecule has 0 amide bonds. The first-order valence-corrected chi connectivity index (χ1v) is 12.4. The van der Waals surface area contributed by atoms with Crippen molar-refractivity contribution in [2.45, 2.75) is 92.0 Å². The lowest BCUT2D eigenvalue weighted by Crippen LogP contribution is -2.42. The van der Waals surface area contributed by atoms with Gasteiger partial charge in [0.15, 0.2) is 5.60 Å². The van der Waals surface area contributed by atoms with Crippen molar-refractivity contribution < 1.29 is 23.4 Å². The second-order valence-corrected chi connectivity index (χ2v) is 11.1. The van der Waals surface area contributed by atoms with Crippen LogP contribution in [0, 0.1) is 25.7 Å². The number of hydrogen-bond donors (Lipinski definition) is 0. The second kappa shape index (κ2) is 11.0. The summed E-state index contributed by atoms with van der Waals surface area (Å²) < 4.78 is 23.5. The summed E-state index contributed by atoms with van der Waals surface area (Å²) in [6.45, 7) is 14.9. The first-order chi connectivity index (χ1) is 15.9. The molecule has 0 spiro atoms. The number of oxazole rings is 1. The van der Waals surface area contributed by atoms with Gasteiger partial charge in [-0.1, -0.05) is 24.1 Å². The number of rotatable bonds is 9. The van der Waals surface area contributed by atoms with Crippen molar-refractivity contribution in [2.75, 3.05) is 13.2 Å². The van der Waals surface area contributed by atoms with Crippen LogP contribution in [0.2, 0.25) is 0 Å². The number of hydrogen-bond acceptors (Lipinski definition) is 6. The maximum absolute atomic E-state index is 12.4. The highest BCUT2D eigenvalue weighted by molar-refractivity contribution is 5.78. The number of benzene rings is 1. The van der Waals surface area contributed by atoms with Crippen molar-refractivity contribution in [3.63, 3.8) is 0 Å². The third-order valence-electron chi connectivity index (χ3n) is 6.25. The van der Waals surface area contributed by atoms with Gasteiger partial charge in [-0.15, -0.1) is 0 Å². The molecule has 6 nitrogen and oxygen atoms in total. The fourth-order valence-electron chi connectivity index (χ4n) is 4.19. The average molecular weight is 472 g/mol. The molecule has 1 saturated carbocycles. The maximum atomic E-state index is 12.4. The Morgan fingerprint density at radius 1 is 1.03 bits per heavy atom. The normalized spacial score (nSPS) is 19.3. The number of carbonyl (C=O) groups is 1. The van der Waals surface area contributed by atoms with Gasteiger partial charge in [0.25, 0.3) is 0 Å². The Kier molecular flexibility index (Phi) is 8.58. The number of ether oxygens (including phenoxy) is 3. The molecule has 3 rings (SSSR count). The minimum Gasteiger partial charge on any atom is -0.458 e. The van der Waals surface area contributed by atoms with E-state index in [1.165, 1.54) is 5.56 Å². The van der Waals surface area contributed by atoms with Crippen molar-refractivity contribution in [3.8, 4) is 11.5 Å². The summed E-state index contributed by atoms with van der Waals surface area (Å²) in [5.41, 5.74) is 1.57. The van der Waals surface area contributed by atoms with Gasteiger partial charge >= 0.3 is 5.97 Å². The summed E-state index contributed by atoms with van der Waals surface area (Å²) >= 11 is 0. The van der Waals surface area contributed by atoms with E-state index in [9.17, 15) is 4.79 Å². The third-order valence-corrected chi connectivity index (χ3v) is 6.25. The molecule has 2 aromatic rings. The van der Waals surface area contributed by atoms with E-state index in [4.69, 9.17) is 18.6 Å². The van der Waals surface area contributed by atoms with Gasteiger partial charge in [-0.3, -0.25) is 0 Å². The molecule has 0 radical (unpaired) electrons. The summed E-state index contributed by atoms with van der Waals surface area (Å²) in [7, 11) is 0. The van der Waals surface area contributed by atoms with Crippen LogP contribution < -0.4 is 0 Å². The van der Waals surface area contributed by atoms with Gasteiger partial charge in [-0.05, 0) is 91.7 Å². The highest BCUT2D eigenvalue weighted by Gasteiger charge is 2.35. The third kappa shape index (κ3) is 7.67. The standard InChI is InChI=1S/C28H41NO5/c1-19-11-13-23(14-12-19)25-29-24(20(2)33-25)18-31-16-21-9-8-10-22(15-21)17-32-28(6,7)26(30)34-27(3,4)5/h11-14,21-22H,8-10,15-18H2,1-7H3. The van der Waals surface area contributed by atoms with Gasteiger partial charge in [0.1, 0.15) is 17.1 Å².